The first-order valence-corrected chi connectivity index (χ1v) is 9.60. The van der Waals surface area contributed by atoms with Crippen LogP contribution in [0, 0.1) is 13.8 Å². The molecule has 0 aliphatic rings. The Hall–Kier alpha value is -2.17. The summed E-state index contributed by atoms with van der Waals surface area (Å²) in [7, 11) is 8.56. The van der Waals surface area contributed by atoms with Crippen LogP contribution in [0.15, 0.2) is 17.1 Å². The smallest absolute Gasteiger partial charge is 0.203 e. The van der Waals surface area contributed by atoms with Crippen LogP contribution < -0.4 is 24.8 Å². The van der Waals surface area contributed by atoms with E-state index in [4.69, 9.17) is 14.2 Å². The summed E-state index contributed by atoms with van der Waals surface area (Å²) in [5, 5.41) is 11.3. The van der Waals surface area contributed by atoms with Crippen LogP contribution in [0.1, 0.15) is 29.4 Å². The number of benzene rings is 1. The summed E-state index contributed by atoms with van der Waals surface area (Å²) in [5.41, 5.74) is 4.47. The van der Waals surface area contributed by atoms with E-state index < -0.39 is 0 Å². The van der Waals surface area contributed by atoms with Gasteiger partial charge in [0.15, 0.2) is 17.5 Å². The van der Waals surface area contributed by atoms with Crippen LogP contribution in [0.5, 0.6) is 17.2 Å². The summed E-state index contributed by atoms with van der Waals surface area (Å²) < 4.78 is 18.3. The summed E-state index contributed by atoms with van der Waals surface area (Å²) >= 11 is 0. The molecule has 0 saturated heterocycles. The Labute approximate surface area is 196 Å². The van der Waals surface area contributed by atoms with Gasteiger partial charge in [0, 0.05) is 37.9 Å². The zero-order valence-electron chi connectivity index (χ0n) is 19.1. The zero-order valence-corrected chi connectivity index (χ0v) is 21.5. The number of aromatic nitrogens is 2. The van der Waals surface area contributed by atoms with E-state index in [1.54, 1.807) is 28.4 Å². The summed E-state index contributed by atoms with van der Waals surface area (Å²) in [6.07, 6.45) is 0.867. The van der Waals surface area contributed by atoms with Crippen LogP contribution in [0.3, 0.4) is 0 Å². The Morgan fingerprint density at radius 3 is 2.30 bits per heavy atom. The second kappa shape index (κ2) is 11.9. The minimum absolute atomic E-state index is 0. The molecule has 0 saturated carbocycles. The first-order valence-electron chi connectivity index (χ1n) is 9.60. The van der Waals surface area contributed by atoms with Crippen molar-refractivity contribution in [1.29, 1.82) is 0 Å². The third kappa shape index (κ3) is 5.93. The maximum absolute atomic E-state index is 5.55. The maximum atomic E-state index is 5.55. The molecule has 2 N–H and O–H groups in total. The fourth-order valence-electron chi connectivity index (χ4n) is 3.38. The number of methoxy groups -OCH3 is 3. The number of nitrogens with one attached hydrogen (secondary N) is 2. The Balaban J connectivity index is 0.00000450. The molecule has 2 rings (SSSR count). The van der Waals surface area contributed by atoms with Crippen molar-refractivity contribution >= 4 is 29.9 Å². The molecule has 0 amide bonds. The van der Waals surface area contributed by atoms with Crippen LogP contribution in [0.2, 0.25) is 0 Å². The molecule has 9 heteroatoms. The average Bonchev–Trinajstić information content (AvgIpc) is 2.95. The molecule has 8 nitrogen and oxygen atoms in total. The SMILES string of the molecule is CN=C(NCc1ccc(OC)c(OC)c1OC)NC(C)Cc1c(C)nn(C)c1C.I. The number of ether oxygens (including phenoxy) is 3. The normalized spacial score (nSPS) is 12.1. The van der Waals surface area contributed by atoms with Crippen molar-refractivity contribution in [1.82, 2.24) is 20.4 Å². The van der Waals surface area contributed by atoms with Crippen molar-refractivity contribution in [2.75, 3.05) is 28.4 Å². The third-order valence-corrected chi connectivity index (χ3v) is 5.01. The fourth-order valence-corrected chi connectivity index (χ4v) is 3.38. The minimum Gasteiger partial charge on any atom is -0.493 e. The van der Waals surface area contributed by atoms with E-state index in [0.717, 1.165) is 17.7 Å². The average molecular weight is 531 g/mol. The Bertz CT molecular complexity index is 867. The van der Waals surface area contributed by atoms with Crippen LogP contribution in [0.25, 0.3) is 0 Å². The number of rotatable bonds is 8. The second-order valence-electron chi connectivity index (χ2n) is 6.94. The van der Waals surface area contributed by atoms with E-state index in [1.807, 2.05) is 30.8 Å². The molecular formula is C21H34IN5O3. The van der Waals surface area contributed by atoms with E-state index >= 15 is 0 Å². The first kappa shape index (κ1) is 25.9. The van der Waals surface area contributed by atoms with E-state index in [9.17, 15) is 0 Å². The summed E-state index contributed by atoms with van der Waals surface area (Å²) in [6, 6.07) is 4.01. The molecule has 0 radical (unpaired) electrons. The van der Waals surface area contributed by atoms with E-state index in [1.165, 1.54) is 11.3 Å². The summed E-state index contributed by atoms with van der Waals surface area (Å²) in [4.78, 5) is 4.34. The molecule has 30 heavy (non-hydrogen) atoms. The molecule has 2 aromatic rings. The van der Waals surface area contributed by atoms with Gasteiger partial charge in [0.2, 0.25) is 5.75 Å². The van der Waals surface area contributed by atoms with Gasteiger partial charge in [-0.1, -0.05) is 0 Å². The van der Waals surface area contributed by atoms with Gasteiger partial charge in [-0.05, 0) is 44.9 Å². The lowest BCUT2D eigenvalue weighted by Crippen LogP contribution is -2.42. The largest absolute Gasteiger partial charge is 0.493 e. The number of nitrogens with zero attached hydrogens (tertiary/aromatic N) is 3. The van der Waals surface area contributed by atoms with Gasteiger partial charge < -0.3 is 24.8 Å². The van der Waals surface area contributed by atoms with Crippen molar-refractivity contribution in [2.45, 2.75) is 39.8 Å². The molecular weight excluding hydrogens is 497 g/mol. The molecule has 1 heterocycles. The minimum atomic E-state index is 0. The zero-order chi connectivity index (χ0) is 21.6. The second-order valence-corrected chi connectivity index (χ2v) is 6.94. The van der Waals surface area contributed by atoms with E-state index in [-0.39, 0.29) is 30.0 Å². The van der Waals surface area contributed by atoms with Gasteiger partial charge in [-0.3, -0.25) is 9.67 Å². The molecule has 0 fully saturated rings. The molecule has 168 valence electrons. The fraction of sp³-hybridized carbons (Fsp3) is 0.524. The lowest BCUT2D eigenvalue weighted by molar-refractivity contribution is 0.322. The first-order chi connectivity index (χ1) is 13.9. The lowest BCUT2D eigenvalue weighted by Gasteiger charge is -2.20. The van der Waals surface area contributed by atoms with Gasteiger partial charge in [0.1, 0.15) is 0 Å². The summed E-state index contributed by atoms with van der Waals surface area (Å²) in [5.74, 6) is 2.57. The lowest BCUT2D eigenvalue weighted by atomic mass is 10.1. The predicted molar refractivity (Wildman–Crippen MR) is 131 cm³/mol. The topological polar surface area (TPSA) is 81.9 Å². The number of hydrogen-bond donors (Lipinski definition) is 2. The quantitative estimate of drug-likeness (QED) is 0.310. The Morgan fingerprint density at radius 2 is 1.80 bits per heavy atom. The van der Waals surface area contributed by atoms with Crippen molar-refractivity contribution in [3.05, 3.63) is 34.6 Å². The molecule has 0 spiro atoms. The van der Waals surface area contributed by atoms with E-state index in [0.29, 0.717) is 29.8 Å². The van der Waals surface area contributed by atoms with Gasteiger partial charge >= 0.3 is 0 Å². The van der Waals surface area contributed by atoms with Crippen molar-refractivity contribution in [3.8, 4) is 17.2 Å². The highest BCUT2D eigenvalue weighted by Gasteiger charge is 2.17. The van der Waals surface area contributed by atoms with Crippen LogP contribution in [0.4, 0.5) is 0 Å². The Morgan fingerprint density at radius 1 is 1.13 bits per heavy atom. The van der Waals surface area contributed by atoms with Gasteiger partial charge in [-0.15, -0.1) is 24.0 Å². The number of aryl methyl sites for hydroxylation is 2. The number of halogens is 1. The highest BCUT2D eigenvalue weighted by molar-refractivity contribution is 14.0. The molecule has 0 aliphatic carbocycles. The van der Waals surface area contributed by atoms with E-state index in [2.05, 4.69) is 34.6 Å². The molecule has 0 bridgehead atoms. The third-order valence-electron chi connectivity index (χ3n) is 5.01. The van der Waals surface area contributed by atoms with Crippen molar-refractivity contribution in [2.24, 2.45) is 12.0 Å². The van der Waals surface area contributed by atoms with Crippen LogP contribution in [-0.2, 0) is 20.0 Å². The monoisotopic (exact) mass is 531 g/mol. The number of guanidine groups is 1. The molecule has 1 unspecified atom stereocenters. The molecule has 1 aromatic carbocycles. The van der Waals surface area contributed by atoms with Gasteiger partial charge in [-0.25, -0.2) is 0 Å². The van der Waals surface area contributed by atoms with Gasteiger partial charge in [-0.2, -0.15) is 5.10 Å². The highest BCUT2D eigenvalue weighted by Crippen LogP contribution is 2.39. The van der Waals surface area contributed by atoms with Gasteiger partial charge in [0.25, 0.3) is 0 Å². The summed E-state index contributed by atoms with van der Waals surface area (Å²) in [6.45, 7) is 6.81. The highest BCUT2D eigenvalue weighted by atomic mass is 127. The van der Waals surface area contributed by atoms with Crippen LogP contribution >= 0.6 is 24.0 Å². The van der Waals surface area contributed by atoms with Crippen molar-refractivity contribution < 1.29 is 14.2 Å². The van der Waals surface area contributed by atoms with Gasteiger partial charge in [0.05, 0.1) is 27.0 Å². The molecule has 1 atom stereocenters. The van der Waals surface area contributed by atoms with Crippen molar-refractivity contribution in [3.63, 3.8) is 0 Å². The number of aliphatic imine (C=N–C) groups is 1. The van der Waals surface area contributed by atoms with Crippen LogP contribution in [-0.4, -0.2) is 50.2 Å². The maximum Gasteiger partial charge on any atom is 0.203 e. The number of hydrogen-bond acceptors (Lipinski definition) is 5. The molecule has 0 aliphatic heterocycles. The Kier molecular flexibility index (Phi) is 10.2. The predicted octanol–water partition coefficient (Wildman–Crippen LogP) is 2.98. The molecule has 1 aromatic heterocycles. The standard InChI is InChI=1S/C21H33N5O3.HI/c1-13(11-17-14(2)25-26(5)15(17)3)24-21(22-4)23-12-16-9-10-18(27-6)20(29-8)19(16)28-7;/h9-10,13H,11-12H2,1-8H3,(H2,22,23,24);1H.